The van der Waals surface area contributed by atoms with Gasteiger partial charge in [-0.1, -0.05) is 0 Å². The fourth-order valence-electron chi connectivity index (χ4n) is 4.35. The van der Waals surface area contributed by atoms with Gasteiger partial charge in [0, 0.05) is 17.5 Å². The van der Waals surface area contributed by atoms with E-state index in [1.165, 1.54) is 0 Å². The predicted octanol–water partition coefficient (Wildman–Crippen LogP) is 3.15. The van der Waals surface area contributed by atoms with Gasteiger partial charge in [-0.3, -0.25) is 9.59 Å². The minimum atomic E-state index is -0.146. The second-order valence-corrected chi connectivity index (χ2v) is 7.92. The lowest BCUT2D eigenvalue weighted by atomic mass is 9.78. The van der Waals surface area contributed by atoms with E-state index >= 15 is 0 Å². The average Bonchev–Trinajstić information content (AvgIpc) is 2.58. The topological polar surface area (TPSA) is 110 Å². The van der Waals surface area contributed by atoms with Gasteiger partial charge in [0.15, 0.2) is 0 Å². The monoisotopic (exact) mass is 335 g/mol. The summed E-state index contributed by atoms with van der Waals surface area (Å²) in [5.41, 5.74) is 11.6. The molecule has 0 heterocycles. The van der Waals surface area contributed by atoms with E-state index in [1.54, 1.807) is 0 Å². The molecule has 0 radical (unpaired) electrons. The number of nitrogens with one attached hydrogen (secondary N) is 1. The highest BCUT2D eigenvalue weighted by Crippen LogP contribution is 2.33. The molecular weight excluding hydrogens is 302 g/mol. The van der Waals surface area contributed by atoms with Crippen LogP contribution in [0.15, 0.2) is 0 Å². The highest BCUT2D eigenvalue weighted by molar-refractivity contribution is 5.81. The third-order valence-electron chi connectivity index (χ3n) is 6.21. The molecule has 2 saturated carbocycles. The quantitative estimate of drug-likeness (QED) is 0.592. The number of carbonyl (C=O) groups excluding carboxylic acids is 2. The van der Waals surface area contributed by atoms with Gasteiger partial charge in [-0.2, -0.15) is 0 Å². The number of rotatable bonds is 8. The van der Waals surface area contributed by atoms with Crippen LogP contribution in [-0.4, -0.2) is 17.5 Å². The second-order valence-electron chi connectivity index (χ2n) is 7.92. The Morgan fingerprint density at radius 2 is 1.04 bits per heavy atom. The normalized spacial score (nSPS) is 30.7. The number of nitrogens with two attached hydrogens (primary N) is 2. The first-order valence-corrected chi connectivity index (χ1v) is 9.60. The van der Waals surface area contributed by atoms with Gasteiger partial charge in [0.25, 0.3) is 0 Å². The van der Waals surface area contributed by atoms with Gasteiger partial charge < -0.3 is 16.9 Å². The summed E-state index contributed by atoms with van der Waals surface area (Å²) < 4.78 is 0. The van der Waals surface area contributed by atoms with Crippen molar-refractivity contribution in [3.63, 3.8) is 0 Å². The van der Waals surface area contributed by atoms with Crippen molar-refractivity contribution in [2.24, 2.45) is 35.1 Å². The first-order chi connectivity index (χ1) is 11.5. The van der Waals surface area contributed by atoms with Gasteiger partial charge in [-0.05, 0) is 88.9 Å². The van der Waals surface area contributed by atoms with Crippen LogP contribution in [-0.2, 0) is 9.59 Å². The average molecular weight is 335 g/mol. The number of carbonyl (C=O) groups is 2. The molecule has 0 spiro atoms. The maximum Gasteiger partial charge on any atom is 0.220 e. The molecule has 5 nitrogen and oxygen atoms in total. The molecule has 5 heteroatoms. The van der Waals surface area contributed by atoms with Gasteiger partial charge in [0.2, 0.25) is 11.8 Å². The van der Waals surface area contributed by atoms with Gasteiger partial charge in [-0.15, -0.1) is 0 Å². The zero-order valence-corrected chi connectivity index (χ0v) is 14.8. The van der Waals surface area contributed by atoms with E-state index in [2.05, 4.69) is 0 Å². The van der Waals surface area contributed by atoms with E-state index in [4.69, 9.17) is 16.9 Å². The lowest BCUT2D eigenvalue weighted by Gasteiger charge is -2.27. The maximum absolute atomic E-state index is 11.2. The summed E-state index contributed by atoms with van der Waals surface area (Å²) >= 11 is 0. The molecule has 136 valence electrons. The zero-order valence-electron chi connectivity index (χ0n) is 14.8. The molecule has 2 amide bonds. The minimum Gasteiger partial charge on any atom is -0.369 e. The van der Waals surface area contributed by atoms with Gasteiger partial charge in [0.05, 0.1) is 0 Å². The first kappa shape index (κ1) is 18.9. The molecule has 0 aromatic rings. The third kappa shape index (κ3) is 5.91. The van der Waals surface area contributed by atoms with Crippen molar-refractivity contribution in [2.75, 3.05) is 0 Å². The molecule has 2 fully saturated rings. The highest BCUT2D eigenvalue weighted by atomic mass is 16.1. The predicted molar refractivity (Wildman–Crippen MR) is 95.5 cm³/mol. The molecule has 24 heavy (non-hydrogen) atoms. The Kier molecular flexibility index (Phi) is 7.25. The van der Waals surface area contributed by atoms with Crippen LogP contribution in [0.25, 0.3) is 0 Å². The number of hydrogen-bond donors (Lipinski definition) is 3. The van der Waals surface area contributed by atoms with Crippen LogP contribution < -0.4 is 11.5 Å². The van der Waals surface area contributed by atoms with E-state index < -0.39 is 0 Å². The molecule has 0 aromatic heterocycles. The standard InChI is InChI=1S/C19H33N3O2/c20-17(11-5-13-1-7-15(8-2-13)18(21)23)12-6-14-3-9-16(10-4-14)19(22)24/h13-16,20H,1-12H2,(H2,21,23)(H2,22,24). The first-order valence-electron chi connectivity index (χ1n) is 9.60. The summed E-state index contributed by atoms with van der Waals surface area (Å²) in [6, 6.07) is 0. The lowest BCUT2D eigenvalue weighted by molar-refractivity contribution is -0.123. The van der Waals surface area contributed by atoms with Crippen LogP contribution >= 0.6 is 0 Å². The van der Waals surface area contributed by atoms with Gasteiger partial charge >= 0.3 is 0 Å². The fraction of sp³-hybridized carbons (Fsp3) is 0.842. The molecule has 2 rings (SSSR count). The number of amides is 2. The molecule has 0 aromatic carbocycles. The summed E-state index contributed by atoms with van der Waals surface area (Å²) in [6.45, 7) is 0. The summed E-state index contributed by atoms with van der Waals surface area (Å²) in [5.74, 6) is 1.19. The molecule has 2 aliphatic rings. The van der Waals surface area contributed by atoms with Crippen molar-refractivity contribution in [2.45, 2.75) is 77.0 Å². The minimum absolute atomic E-state index is 0.0798. The Labute approximate surface area is 145 Å². The van der Waals surface area contributed by atoms with Crippen molar-refractivity contribution in [3.05, 3.63) is 0 Å². The van der Waals surface area contributed by atoms with Crippen molar-refractivity contribution < 1.29 is 9.59 Å². The van der Waals surface area contributed by atoms with Crippen LogP contribution in [0, 0.1) is 29.1 Å². The SMILES string of the molecule is N=C(CCC1CCC(C(N)=O)CC1)CCC1CCC(C(N)=O)CC1. The Bertz CT molecular complexity index is 408. The Hall–Kier alpha value is -1.39. The Morgan fingerprint density at radius 3 is 1.33 bits per heavy atom. The second kappa shape index (κ2) is 9.19. The van der Waals surface area contributed by atoms with Gasteiger partial charge in [-0.25, -0.2) is 0 Å². The van der Waals surface area contributed by atoms with Gasteiger partial charge in [0.1, 0.15) is 0 Å². The van der Waals surface area contributed by atoms with Crippen molar-refractivity contribution in [3.8, 4) is 0 Å². The molecular formula is C19H33N3O2. The van der Waals surface area contributed by atoms with Crippen molar-refractivity contribution >= 4 is 17.5 Å². The lowest BCUT2D eigenvalue weighted by Crippen LogP contribution is -2.28. The molecule has 0 bridgehead atoms. The number of primary amides is 2. The Morgan fingerprint density at radius 1 is 0.708 bits per heavy atom. The molecule has 0 saturated heterocycles. The summed E-state index contributed by atoms with van der Waals surface area (Å²) in [7, 11) is 0. The van der Waals surface area contributed by atoms with Crippen LogP contribution in [0.4, 0.5) is 0 Å². The fourth-order valence-corrected chi connectivity index (χ4v) is 4.35. The molecule has 0 aliphatic heterocycles. The Balaban J connectivity index is 1.56. The molecule has 5 N–H and O–H groups in total. The van der Waals surface area contributed by atoms with E-state index in [9.17, 15) is 9.59 Å². The van der Waals surface area contributed by atoms with Crippen molar-refractivity contribution in [1.82, 2.24) is 0 Å². The summed E-state index contributed by atoms with van der Waals surface area (Å²) in [4.78, 5) is 22.4. The summed E-state index contributed by atoms with van der Waals surface area (Å²) in [6.07, 6.45) is 12.0. The van der Waals surface area contributed by atoms with E-state index in [0.717, 1.165) is 82.8 Å². The molecule has 0 unspecified atom stereocenters. The smallest absolute Gasteiger partial charge is 0.220 e. The largest absolute Gasteiger partial charge is 0.369 e. The summed E-state index contributed by atoms with van der Waals surface area (Å²) in [5, 5.41) is 8.19. The van der Waals surface area contributed by atoms with Crippen LogP contribution in [0.3, 0.4) is 0 Å². The highest BCUT2D eigenvalue weighted by Gasteiger charge is 2.26. The van der Waals surface area contributed by atoms with Crippen LogP contribution in [0.5, 0.6) is 0 Å². The van der Waals surface area contributed by atoms with Crippen LogP contribution in [0.1, 0.15) is 77.0 Å². The van der Waals surface area contributed by atoms with Crippen LogP contribution in [0.2, 0.25) is 0 Å². The zero-order chi connectivity index (χ0) is 17.5. The maximum atomic E-state index is 11.2. The molecule has 0 atom stereocenters. The van der Waals surface area contributed by atoms with Crippen molar-refractivity contribution in [1.29, 1.82) is 5.41 Å². The number of hydrogen-bond acceptors (Lipinski definition) is 3. The van der Waals surface area contributed by atoms with E-state index in [0.29, 0.717) is 11.8 Å². The molecule has 2 aliphatic carbocycles. The van der Waals surface area contributed by atoms with E-state index in [-0.39, 0.29) is 23.7 Å². The van der Waals surface area contributed by atoms with E-state index in [1.807, 2.05) is 0 Å². The third-order valence-corrected chi connectivity index (χ3v) is 6.21.